The highest BCUT2D eigenvalue weighted by Crippen LogP contribution is 2.05. The van der Waals surface area contributed by atoms with Crippen LogP contribution in [0.25, 0.3) is 0 Å². The van der Waals surface area contributed by atoms with Gasteiger partial charge in [0.05, 0.1) is 0 Å². The standard InChI is InChI=1S/C7H15NO2S.ClH/c1-2-4-11-5-3-6(8)7(9)10;/h6H,2-5,8H2,1H3,(H,9,10);1H/t6-;/m0./s1. The highest BCUT2D eigenvalue weighted by Gasteiger charge is 2.09. The van der Waals surface area contributed by atoms with E-state index in [1.165, 1.54) is 0 Å². The highest BCUT2D eigenvalue weighted by atomic mass is 35.5. The minimum atomic E-state index is -0.901. The second-order valence-electron chi connectivity index (χ2n) is 2.35. The van der Waals surface area contributed by atoms with Crippen LogP contribution < -0.4 is 5.73 Å². The number of rotatable bonds is 6. The second-order valence-corrected chi connectivity index (χ2v) is 3.57. The third-order valence-electron chi connectivity index (χ3n) is 1.24. The maximum absolute atomic E-state index is 10.2. The van der Waals surface area contributed by atoms with Gasteiger partial charge in [0.1, 0.15) is 6.04 Å². The van der Waals surface area contributed by atoms with Crippen LogP contribution in [0.3, 0.4) is 0 Å². The molecular formula is C7H16ClNO2S. The molecule has 12 heavy (non-hydrogen) atoms. The van der Waals surface area contributed by atoms with Gasteiger partial charge in [-0.25, -0.2) is 0 Å². The number of hydrogen-bond donors (Lipinski definition) is 2. The van der Waals surface area contributed by atoms with Crippen molar-refractivity contribution >= 4 is 30.1 Å². The summed E-state index contributed by atoms with van der Waals surface area (Å²) in [6, 6.07) is -0.681. The van der Waals surface area contributed by atoms with E-state index in [1.807, 2.05) is 0 Å². The van der Waals surface area contributed by atoms with Gasteiger partial charge in [0, 0.05) is 0 Å². The summed E-state index contributed by atoms with van der Waals surface area (Å²) < 4.78 is 0. The van der Waals surface area contributed by atoms with Crippen LogP contribution in [0.5, 0.6) is 0 Å². The van der Waals surface area contributed by atoms with E-state index in [4.69, 9.17) is 10.8 Å². The molecule has 0 radical (unpaired) electrons. The average molecular weight is 214 g/mol. The fraction of sp³-hybridized carbons (Fsp3) is 0.857. The van der Waals surface area contributed by atoms with Gasteiger partial charge in [-0.3, -0.25) is 4.79 Å². The fourth-order valence-corrected chi connectivity index (χ4v) is 1.49. The molecule has 0 aromatic rings. The molecule has 0 spiro atoms. The van der Waals surface area contributed by atoms with Crippen LogP contribution in [0.2, 0.25) is 0 Å². The van der Waals surface area contributed by atoms with Crippen molar-refractivity contribution in [1.82, 2.24) is 0 Å². The van der Waals surface area contributed by atoms with Crippen LogP contribution in [-0.2, 0) is 4.79 Å². The quantitative estimate of drug-likeness (QED) is 0.654. The minimum absolute atomic E-state index is 0. The van der Waals surface area contributed by atoms with Crippen LogP contribution in [0.1, 0.15) is 19.8 Å². The zero-order valence-corrected chi connectivity index (χ0v) is 8.79. The van der Waals surface area contributed by atoms with Gasteiger partial charge in [0.25, 0.3) is 0 Å². The van der Waals surface area contributed by atoms with Crippen LogP contribution in [0.4, 0.5) is 0 Å². The van der Waals surface area contributed by atoms with Crippen molar-refractivity contribution in [2.24, 2.45) is 5.73 Å². The smallest absolute Gasteiger partial charge is 0.320 e. The fourth-order valence-electron chi connectivity index (χ4n) is 0.580. The first-order valence-corrected chi connectivity index (χ1v) is 4.90. The molecule has 0 saturated carbocycles. The number of aliphatic carboxylic acids is 1. The number of thioether (sulfide) groups is 1. The molecule has 0 rings (SSSR count). The Bertz CT molecular complexity index is 124. The summed E-state index contributed by atoms with van der Waals surface area (Å²) in [6.45, 7) is 2.10. The third kappa shape index (κ3) is 8.17. The maximum atomic E-state index is 10.2. The van der Waals surface area contributed by atoms with E-state index in [-0.39, 0.29) is 12.4 Å². The third-order valence-corrected chi connectivity index (χ3v) is 2.46. The first-order chi connectivity index (χ1) is 5.18. The van der Waals surface area contributed by atoms with Crippen molar-refractivity contribution in [3.8, 4) is 0 Å². The molecule has 0 unspecified atom stereocenters. The second kappa shape index (κ2) is 9.16. The first kappa shape index (κ1) is 14.6. The highest BCUT2D eigenvalue weighted by molar-refractivity contribution is 7.99. The van der Waals surface area contributed by atoms with Gasteiger partial charge < -0.3 is 10.8 Å². The molecule has 1 atom stereocenters. The van der Waals surface area contributed by atoms with E-state index in [9.17, 15) is 4.79 Å². The normalized spacial score (nSPS) is 11.8. The summed E-state index contributed by atoms with van der Waals surface area (Å²) >= 11 is 1.76. The van der Waals surface area contributed by atoms with Crippen LogP contribution in [-0.4, -0.2) is 28.6 Å². The molecule has 0 aromatic heterocycles. The van der Waals surface area contributed by atoms with Crippen molar-refractivity contribution in [1.29, 1.82) is 0 Å². The lowest BCUT2D eigenvalue weighted by Gasteiger charge is -2.04. The van der Waals surface area contributed by atoms with Gasteiger partial charge in [-0.2, -0.15) is 11.8 Å². The van der Waals surface area contributed by atoms with Crippen molar-refractivity contribution in [2.75, 3.05) is 11.5 Å². The first-order valence-electron chi connectivity index (χ1n) is 3.74. The molecule has 0 fully saturated rings. The van der Waals surface area contributed by atoms with Crippen molar-refractivity contribution < 1.29 is 9.90 Å². The summed E-state index contributed by atoms with van der Waals surface area (Å²) in [4.78, 5) is 10.2. The summed E-state index contributed by atoms with van der Waals surface area (Å²) in [7, 11) is 0. The topological polar surface area (TPSA) is 63.3 Å². The van der Waals surface area contributed by atoms with Gasteiger partial charge in [-0.1, -0.05) is 6.92 Å². The number of carboxylic acid groups (broad SMARTS) is 1. The Hall–Kier alpha value is 0.0700. The Labute approximate surface area is 83.5 Å². The maximum Gasteiger partial charge on any atom is 0.320 e. The molecule has 3 N–H and O–H groups in total. The molecule has 0 aliphatic heterocycles. The Morgan fingerprint density at radius 2 is 2.17 bits per heavy atom. The number of halogens is 1. The number of nitrogens with two attached hydrogens (primary N) is 1. The van der Waals surface area contributed by atoms with E-state index in [0.29, 0.717) is 6.42 Å². The predicted molar refractivity (Wildman–Crippen MR) is 55.1 cm³/mol. The van der Waals surface area contributed by atoms with Crippen LogP contribution >= 0.6 is 24.2 Å². The van der Waals surface area contributed by atoms with Gasteiger partial charge >= 0.3 is 5.97 Å². The van der Waals surface area contributed by atoms with E-state index in [0.717, 1.165) is 17.9 Å². The Morgan fingerprint density at radius 1 is 1.58 bits per heavy atom. The molecule has 0 bridgehead atoms. The number of hydrogen-bond acceptors (Lipinski definition) is 3. The van der Waals surface area contributed by atoms with E-state index in [1.54, 1.807) is 11.8 Å². The molecule has 0 saturated heterocycles. The van der Waals surface area contributed by atoms with Gasteiger partial charge in [0.15, 0.2) is 0 Å². The Morgan fingerprint density at radius 3 is 2.58 bits per heavy atom. The van der Waals surface area contributed by atoms with E-state index >= 15 is 0 Å². The van der Waals surface area contributed by atoms with Gasteiger partial charge in [0.2, 0.25) is 0 Å². The van der Waals surface area contributed by atoms with Crippen molar-refractivity contribution in [3.05, 3.63) is 0 Å². The van der Waals surface area contributed by atoms with Crippen LogP contribution in [0.15, 0.2) is 0 Å². The monoisotopic (exact) mass is 213 g/mol. The summed E-state index contributed by atoms with van der Waals surface area (Å²) in [5.74, 6) is 1.04. The summed E-state index contributed by atoms with van der Waals surface area (Å²) in [5.41, 5.74) is 5.29. The lowest BCUT2D eigenvalue weighted by Crippen LogP contribution is -2.30. The van der Waals surface area contributed by atoms with E-state index < -0.39 is 12.0 Å². The molecule has 0 heterocycles. The van der Waals surface area contributed by atoms with Crippen LogP contribution in [0, 0.1) is 0 Å². The SMILES string of the molecule is CCCSCC[C@H](N)C(=O)O.Cl. The number of carboxylic acids is 1. The van der Waals surface area contributed by atoms with Crippen molar-refractivity contribution in [2.45, 2.75) is 25.8 Å². The molecule has 3 nitrogen and oxygen atoms in total. The minimum Gasteiger partial charge on any atom is -0.480 e. The summed E-state index contributed by atoms with van der Waals surface area (Å²) in [6.07, 6.45) is 1.70. The molecular weight excluding hydrogens is 198 g/mol. The Kier molecular flexibility index (Phi) is 11.1. The molecule has 0 aliphatic carbocycles. The average Bonchev–Trinajstić information content (AvgIpc) is 1.97. The van der Waals surface area contributed by atoms with E-state index in [2.05, 4.69) is 6.92 Å². The van der Waals surface area contributed by atoms with Crippen molar-refractivity contribution in [3.63, 3.8) is 0 Å². The zero-order chi connectivity index (χ0) is 8.69. The summed E-state index contributed by atoms with van der Waals surface area (Å²) in [5, 5.41) is 8.40. The lowest BCUT2D eigenvalue weighted by molar-refractivity contribution is -0.138. The molecule has 74 valence electrons. The molecule has 5 heteroatoms. The number of carbonyl (C=O) groups is 1. The molecule has 0 amide bonds. The molecule has 0 aliphatic rings. The Balaban J connectivity index is 0. The largest absolute Gasteiger partial charge is 0.480 e. The zero-order valence-electron chi connectivity index (χ0n) is 7.16. The van der Waals surface area contributed by atoms with Gasteiger partial charge in [-0.15, -0.1) is 12.4 Å². The molecule has 0 aromatic carbocycles. The lowest BCUT2D eigenvalue weighted by atomic mass is 10.2. The predicted octanol–water partition coefficient (Wildman–Crippen LogP) is 1.35. The van der Waals surface area contributed by atoms with Gasteiger partial charge in [-0.05, 0) is 24.3 Å².